The number of hydrogen-bond donors (Lipinski definition) is 3. The Kier molecular flexibility index (Phi) is 7.25. The molecule has 0 saturated heterocycles. The van der Waals surface area contributed by atoms with Crippen molar-refractivity contribution < 1.29 is 4.39 Å². The van der Waals surface area contributed by atoms with Gasteiger partial charge in [0.05, 0.1) is 6.54 Å². The van der Waals surface area contributed by atoms with Gasteiger partial charge in [0.2, 0.25) is 11.9 Å². The zero-order valence-electron chi connectivity index (χ0n) is 18.0. The van der Waals surface area contributed by atoms with Crippen molar-refractivity contribution in [3.05, 3.63) is 82.4 Å². The molecule has 3 aromatic rings. The van der Waals surface area contributed by atoms with Gasteiger partial charge in [0.15, 0.2) is 5.11 Å². The SMILES string of the molecule is Cc1cc(C)nc(NC(=NCc2ccc(F)cc2)NC(=S)Nc2cccc(C)c2C)n1. The first-order valence-corrected chi connectivity index (χ1v) is 10.2. The molecule has 0 atom stereocenters. The molecule has 31 heavy (non-hydrogen) atoms. The maximum absolute atomic E-state index is 13.2. The predicted octanol–water partition coefficient (Wildman–Crippen LogP) is 4.80. The van der Waals surface area contributed by atoms with Crippen LogP contribution in [-0.2, 0) is 6.54 Å². The molecule has 1 aromatic heterocycles. The topological polar surface area (TPSA) is 74.2 Å². The van der Waals surface area contributed by atoms with Gasteiger partial charge in [-0.2, -0.15) is 0 Å². The van der Waals surface area contributed by atoms with Crippen LogP contribution in [0.3, 0.4) is 0 Å². The zero-order chi connectivity index (χ0) is 22.4. The van der Waals surface area contributed by atoms with E-state index in [4.69, 9.17) is 12.2 Å². The fraction of sp³-hybridized carbons (Fsp3) is 0.217. The van der Waals surface area contributed by atoms with E-state index in [1.165, 1.54) is 17.7 Å². The largest absolute Gasteiger partial charge is 0.332 e. The normalized spacial score (nSPS) is 11.2. The summed E-state index contributed by atoms with van der Waals surface area (Å²) < 4.78 is 13.2. The molecule has 0 aliphatic heterocycles. The Balaban J connectivity index is 1.79. The Labute approximate surface area is 187 Å². The molecule has 0 spiro atoms. The average molecular weight is 437 g/mol. The van der Waals surface area contributed by atoms with Gasteiger partial charge < -0.3 is 10.6 Å². The lowest BCUT2D eigenvalue weighted by molar-refractivity contribution is 0.627. The number of benzene rings is 2. The smallest absolute Gasteiger partial charge is 0.229 e. The number of rotatable bonds is 4. The Morgan fingerprint density at radius 2 is 1.65 bits per heavy atom. The van der Waals surface area contributed by atoms with E-state index in [1.807, 2.05) is 52.0 Å². The van der Waals surface area contributed by atoms with Gasteiger partial charge in [-0.15, -0.1) is 0 Å². The first kappa shape index (κ1) is 22.3. The van der Waals surface area contributed by atoms with Crippen molar-refractivity contribution in [1.82, 2.24) is 15.3 Å². The number of anilines is 2. The summed E-state index contributed by atoms with van der Waals surface area (Å²) in [5, 5.41) is 9.77. The highest BCUT2D eigenvalue weighted by Crippen LogP contribution is 2.17. The molecule has 160 valence electrons. The lowest BCUT2D eigenvalue weighted by Crippen LogP contribution is -2.39. The van der Waals surface area contributed by atoms with E-state index < -0.39 is 0 Å². The third-order valence-corrected chi connectivity index (χ3v) is 4.83. The number of nitrogens with zero attached hydrogens (tertiary/aromatic N) is 3. The number of halogens is 1. The monoisotopic (exact) mass is 436 g/mol. The minimum absolute atomic E-state index is 0.285. The summed E-state index contributed by atoms with van der Waals surface area (Å²) in [6.45, 7) is 8.20. The standard InChI is InChI=1S/C23H25FN6S/c1-14-6-5-7-20(17(14)4)28-23(31)30-21(25-13-18-8-10-19(24)11-9-18)29-22-26-15(2)12-16(3)27-22/h5-12H,13H2,1-4H3,(H3,25,26,27,28,29,30,31). The Hall–Kier alpha value is -3.39. The van der Waals surface area contributed by atoms with Crippen molar-refractivity contribution in [2.24, 2.45) is 4.99 Å². The molecule has 3 N–H and O–H groups in total. The summed E-state index contributed by atoms with van der Waals surface area (Å²) in [6, 6.07) is 14.1. The molecule has 0 amide bonds. The van der Waals surface area contributed by atoms with Crippen LogP contribution >= 0.6 is 12.2 Å². The van der Waals surface area contributed by atoms with Crippen molar-refractivity contribution in [2.45, 2.75) is 34.2 Å². The number of thiocarbonyl (C=S) groups is 1. The molecule has 0 bridgehead atoms. The molecule has 1 heterocycles. The van der Waals surface area contributed by atoms with Crippen LogP contribution in [0.25, 0.3) is 0 Å². The lowest BCUT2D eigenvalue weighted by Gasteiger charge is -2.16. The molecule has 0 fully saturated rings. The van der Waals surface area contributed by atoms with E-state index in [-0.39, 0.29) is 5.82 Å². The van der Waals surface area contributed by atoms with Crippen molar-refractivity contribution >= 4 is 34.9 Å². The van der Waals surface area contributed by atoms with Crippen LogP contribution < -0.4 is 16.0 Å². The third kappa shape index (κ3) is 6.55. The summed E-state index contributed by atoms with van der Waals surface area (Å²) in [6.07, 6.45) is 0. The van der Waals surface area contributed by atoms with Crippen LogP contribution in [0.2, 0.25) is 0 Å². The van der Waals surface area contributed by atoms with E-state index in [9.17, 15) is 4.39 Å². The number of nitrogens with one attached hydrogen (secondary N) is 3. The highest BCUT2D eigenvalue weighted by atomic mass is 32.1. The summed E-state index contributed by atoms with van der Waals surface area (Å²) in [7, 11) is 0. The van der Waals surface area contributed by atoms with E-state index in [2.05, 4.69) is 30.9 Å². The molecule has 3 rings (SSSR count). The Morgan fingerprint density at radius 1 is 0.968 bits per heavy atom. The molecule has 0 aliphatic carbocycles. The van der Waals surface area contributed by atoms with Gasteiger partial charge in [-0.3, -0.25) is 5.32 Å². The summed E-state index contributed by atoms with van der Waals surface area (Å²) in [5.74, 6) is 0.515. The van der Waals surface area contributed by atoms with Gasteiger partial charge in [0.1, 0.15) is 5.82 Å². The first-order valence-electron chi connectivity index (χ1n) is 9.82. The second-order valence-electron chi connectivity index (χ2n) is 7.22. The second kappa shape index (κ2) is 10.1. The maximum Gasteiger partial charge on any atom is 0.229 e. The van der Waals surface area contributed by atoms with E-state index in [0.717, 1.165) is 28.2 Å². The van der Waals surface area contributed by atoms with Crippen LogP contribution in [0.4, 0.5) is 16.0 Å². The van der Waals surface area contributed by atoms with Crippen LogP contribution in [0.1, 0.15) is 28.1 Å². The van der Waals surface area contributed by atoms with Gasteiger partial charge in [-0.1, -0.05) is 24.3 Å². The maximum atomic E-state index is 13.2. The zero-order valence-corrected chi connectivity index (χ0v) is 18.8. The molecular weight excluding hydrogens is 411 g/mol. The van der Waals surface area contributed by atoms with Gasteiger partial charge >= 0.3 is 0 Å². The number of aliphatic imine (C=N–C) groups is 1. The van der Waals surface area contributed by atoms with E-state index >= 15 is 0 Å². The minimum atomic E-state index is -0.285. The molecular formula is C23H25FN6S. The molecule has 2 aromatic carbocycles. The molecule has 6 nitrogen and oxygen atoms in total. The third-order valence-electron chi connectivity index (χ3n) is 4.63. The van der Waals surface area contributed by atoms with Crippen molar-refractivity contribution in [3.8, 4) is 0 Å². The average Bonchev–Trinajstić information content (AvgIpc) is 2.70. The highest BCUT2D eigenvalue weighted by molar-refractivity contribution is 7.80. The van der Waals surface area contributed by atoms with Gasteiger partial charge in [0, 0.05) is 17.1 Å². The lowest BCUT2D eigenvalue weighted by atomic mass is 10.1. The molecule has 0 unspecified atom stereocenters. The van der Waals surface area contributed by atoms with E-state index in [0.29, 0.717) is 23.6 Å². The van der Waals surface area contributed by atoms with Crippen LogP contribution in [-0.4, -0.2) is 21.0 Å². The molecule has 8 heteroatoms. The Morgan fingerprint density at radius 3 is 2.32 bits per heavy atom. The van der Waals surface area contributed by atoms with Crippen LogP contribution in [0.5, 0.6) is 0 Å². The summed E-state index contributed by atoms with van der Waals surface area (Å²) >= 11 is 5.50. The van der Waals surface area contributed by atoms with Crippen LogP contribution in [0, 0.1) is 33.5 Å². The number of hydrogen-bond acceptors (Lipinski definition) is 4. The fourth-order valence-corrected chi connectivity index (χ4v) is 3.11. The number of aryl methyl sites for hydroxylation is 3. The van der Waals surface area contributed by atoms with E-state index in [1.54, 1.807) is 12.1 Å². The number of guanidine groups is 1. The summed E-state index contributed by atoms with van der Waals surface area (Å²) in [4.78, 5) is 13.4. The fourth-order valence-electron chi connectivity index (χ4n) is 2.91. The Bertz CT molecular complexity index is 1090. The van der Waals surface area contributed by atoms with Gasteiger partial charge in [-0.05, 0) is 80.9 Å². The predicted molar refractivity (Wildman–Crippen MR) is 128 cm³/mol. The highest BCUT2D eigenvalue weighted by Gasteiger charge is 2.09. The summed E-state index contributed by atoms with van der Waals surface area (Å²) in [5.41, 5.74) is 5.73. The molecule has 0 radical (unpaired) electrons. The van der Waals surface area contributed by atoms with Crippen molar-refractivity contribution in [3.63, 3.8) is 0 Å². The first-order chi connectivity index (χ1) is 14.8. The molecule has 0 saturated carbocycles. The number of aromatic nitrogens is 2. The quantitative estimate of drug-likeness (QED) is 0.310. The second-order valence-corrected chi connectivity index (χ2v) is 7.63. The van der Waals surface area contributed by atoms with Gasteiger partial charge in [0.25, 0.3) is 0 Å². The molecule has 0 aliphatic rings. The van der Waals surface area contributed by atoms with Crippen molar-refractivity contribution in [2.75, 3.05) is 10.6 Å². The van der Waals surface area contributed by atoms with Gasteiger partial charge in [-0.25, -0.2) is 19.4 Å². The van der Waals surface area contributed by atoms with Crippen molar-refractivity contribution in [1.29, 1.82) is 0 Å². The minimum Gasteiger partial charge on any atom is -0.332 e. The van der Waals surface area contributed by atoms with Crippen LogP contribution in [0.15, 0.2) is 53.5 Å².